The van der Waals surface area contributed by atoms with E-state index in [1.165, 1.54) is 38.1 Å². The third-order valence-corrected chi connectivity index (χ3v) is 7.68. The Morgan fingerprint density at radius 1 is 1.31 bits per heavy atom. The van der Waals surface area contributed by atoms with E-state index in [1.54, 1.807) is 13.8 Å². The van der Waals surface area contributed by atoms with Gasteiger partial charge in [-0.1, -0.05) is 19.1 Å². The average molecular weight is 445 g/mol. The molecule has 160 valence electrons. The van der Waals surface area contributed by atoms with Crippen molar-refractivity contribution in [2.75, 3.05) is 5.32 Å². The minimum Gasteiger partial charge on any atom is -0.363 e. The molecule has 0 fully saturated rings. The summed E-state index contributed by atoms with van der Waals surface area (Å²) >= 11 is 0. The van der Waals surface area contributed by atoms with Gasteiger partial charge in [-0.15, -0.1) is 0 Å². The fourth-order valence-electron chi connectivity index (χ4n) is 2.68. The lowest BCUT2D eigenvalue weighted by molar-refractivity contribution is -0.383. The van der Waals surface area contributed by atoms with Gasteiger partial charge in [0.1, 0.15) is 11.0 Å². The summed E-state index contributed by atoms with van der Waals surface area (Å²) in [4.78, 5) is 21.2. The van der Waals surface area contributed by atoms with E-state index in [0.717, 1.165) is 6.07 Å². The van der Waals surface area contributed by atoms with Crippen LogP contribution >= 0.6 is 7.60 Å². The number of nitrogens with two attached hydrogens (primary N) is 1. The maximum Gasteiger partial charge on any atom is 0.352 e. The molecule has 12 heteroatoms. The van der Waals surface area contributed by atoms with Crippen molar-refractivity contribution in [2.24, 2.45) is 5.14 Å². The zero-order valence-electron chi connectivity index (χ0n) is 16.4. The smallest absolute Gasteiger partial charge is 0.352 e. The van der Waals surface area contributed by atoms with Crippen LogP contribution in [0.15, 0.2) is 35.2 Å². The standard InChI is InChI=1S/C17H24N3O7PS/c1-5-11(2)27-28(23,24)17(3,4)19-16-13-7-6-8-15(29(18,25)26)12(13)9-10-14(16)20(21)22/h6-11,19H,5H2,1-4H3,(H,23,24)(H2,18,25,26). The van der Waals surface area contributed by atoms with Crippen molar-refractivity contribution < 1.29 is 27.3 Å². The summed E-state index contributed by atoms with van der Waals surface area (Å²) in [5, 5.41) is 18.3. The van der Waals surface area contributed by atoms with Gasteiger partial charge in [-0.3, -0.25) is 14.7 Å². The second-order valence-corrected chi connectivity index (χ2v) is 11.0. The van der Waals surface area contributed by atoms with E-state index >= 15 is 0 Å². The first-order valence-corrected chi connectivity index (χ1v) is 11.9. The van der Waals surface area contributed by atoms with E-state index in [1.807, 2.05) is 0 Å². The topological polar surface area (TPSA) is 162 Å². The summed E-state index contributed by atoms with van der Waals surface area (Å²) in [6.07, 6.45) is -0.0179. The number of nitro groups is 1. The Labute approximate surface area is 168 Å². The first-order chi connectivity index (χ1) is 13.2. The summed E-state index contributed by atoms with van der Waals surface area (Å²) in [7, 11) is -8.38. The van der Waals surface area contributed by atoms with Crippen molar-refractivity contribution in [1.29, 1.82) is 0 Å². The Morgan fingerprint density at radius 2 is 1.93 bits per heavy atom. The van der Waals surface area contributed by atoms with Crippen LogP contribution in [0.25, 0.3) is 10.8 Å². The fourth-order valence-corrected chi connectivity index (χ4v) is 4.58. The molecule has 2 aromatic carbocycles. The molecular weight excluding hydrogens is 421 g/mol. The normalized spacial score (nSPS) is 15.7. The lowest BCUT2D eigenvalue weighted by Crippen LogP contribution is -2.33. The number of fused-ring (bicyclic) bond motifs is 1. The van der Waals surface area contributed by atoms with Crippen LogP contribution in [0.3, 0.4) is 0 Å². The lowest BCUT2D eigenvalue weighted by atomic mass is 10.1. The van der Waals surface area contributed by atoms with Gasteiger partial charge in [-0.2, -0.15) is 0 Å². The minimum atomic E-state index is -4.28. The number of hydrogen-bond acceptors (Lipinski definition) is 7. The second-order valence-electron chi connectivity index (χ2n) is 7.14. The first-order valence-electron chi connectivity index (χ1n) is 8.73. The monoisotopic (exact) mass is 445 g/mol. The molecule has 0 aliphatic carbocycles. The third-order valence-electron chi connectivity index (χ3n) is 4.54. The molecule has 4 N–H and O–H groups in total. The molecule has 0 spiro atoms. The zero-order valence-corrected chi connectivity index (χ0v) is 18.2. The Morgan fingerprint density at radius 3 is 2.45 bits per heavy atom. The Hall–Kier alpha value is -2.04. The molecule has 29 heavy (non-hydrogen) atoms. The summed E-state index contributed by atoms with van der Waals surface area (Å²) in [5.74, 6) is 0. The van der Waals surface area contributed by atoms with Crippen LogP contribution in [0, 0.1) is 10.1 Å². The van der Waals surface area contributed by atoms with Crippen LogP contribution in [-0.4, -0.2) is 29.6 Å². The molecule has 0 saturated carbocycles. The predicted octanol–water partition coefficient (Wildman–Crippen LogP) is 3.54. The molecule has 2 atom stereocenters. The maximum absolute atomic E-state index is 12.8. The zero-order chi connectivity index (χ0) is 22.2. The van der Waals surface area contributed by atoms with Gasteiger partial charge in [0, 0.05) is 16.8 Å². The molecule has 2 aromatic rings. The van der Waals surface area contributed by atoms with Crippen LogP contribution in [0.5, 0.6) is 0 Å². The van der Waals surface area contributed by atoms with Crippen molar-refractivity contribution in [3.63, 3.8) is 0 Å². The molecule has 0 saturated heterocycles. The maximum atomic E-state index is 12.8. The molecule has 0 radical (unpaired) electrons. The molecule has 0 heterocycles. The van der Waals surface area contributed by atoms with E-state index in [2.05, 4.69) is 5.32 Å². The number of nitrogens with zero attached hydrogens (tertiary/aromatic N) is 1. The highest BCUT2D eigenvalue weighted by molar-refractivity contribution is 7.89. The minimum absolute atomic E-state index is 0.106. The number of primary sulfonamides is 1. The highest BCUT2D eigenvalue weighted by Crippen LogP contribution is 2.57. The van der Waals surface area contributed by atoms with Gasteiger partial charge in [-0.25, -0.2) is 13.6 Å². The molecule has 0 aromatic heterocycles. The summed E-state index contributed by atoms with van der Waals surface area (Å²) in [6.45, 7) is 6.18. The number of sulfonamides is 1. The van der Waals surface area contributed by atoms with Gasteiger partial charge in [0.15, 0.2) is 0 Å². The molecule has 0 bridgehead atoms. The molecule has 10 nitrogen and oxygen atoms in total. The van der Waals surface area contributed by atoms with Crippen molar-refractivity contribution >= 4 is 39.8 Å². The number of hydrogen-bond donors (Lipinski definition) is 3. The Balaban J connectivity index is 2.72. The van der Waals surface area contributed by atoms with E-state index in [9.17, 15) is 28.0 Å². The average Bonchev–Trinajstić information content (AvgIpc) is 2.59. The van der Waals surface area contributed by atoms with Crippen LogP contribution < -0.4 is 10.5 Å². The van der Waals surface area contributed by atoms with Crippen molar-refractivity contribution in [3.05, 3.63) is 40.4 Å². The summed E-state index contributed by atoms with van der Waals surface area (Å²) in [5.41, 5.74) is -0.495. The molecule has 2 rings (SSSR count). The highest BCUT2D eigenvalue weighted by Gasteiger charge is 2.43. The van der Waals surface area contributed by atoms with E-state index in [-0.39, 0.29) is 27.0 Å². The fraction of sp³-hybridized carbons (Fsp3) is 0.412. The quantitative estimate of drug-likeness (QED) is 0.316. The van der Waals surface area contributed by atoms with Gasteiger partial charge in [-0.05, 0) is 39.3 Å². The number of benzene rings is 2. The van der Waals surface area contributed by atoms with Gasteiger partial charge in [0.2, 0.25) is 10.0 Å². The molecule has 0 aliphatic heterocycles. The van der Waals surface area contributed by atoms with E-state index in [0.29, 0.717) is 6.42 Å². The number of rotatable bonds is 8. The van der Waals surface area contributed by atoms with Crippen molar-refractivity contribution in [1.82, 2.24) is 0 Å². The first kappa shape index (κ1) is 23.2. The van der Waals surface area contributed by atoms with Crippen LogP contribution in [-0.2, 0) is 19.1 Å². The van der Waals surface area contributed by atoms with Crippen molar-refractivity contribution in [3.8, 4) is 0 Å². The van der Waals surface area contributed by atoms with Crippen LogP contribution in [0.1, 0.15) is 34.1 Å². The van der Waals surface area contributed by atoms with Crippen molar-refractivity contribution in [2.45, 2.75) is 50.4 Å². The Kier molecular flexibility index (Phi) is 6.41. The summed E-state index contributed by atoms with van der Waals surface area (Å²) in [6, 6.07) is 6.53. The number of nitro benzene ring substituents is 1. The van der Waals surface area contributed by atoms with E-state index < -0.39 is 33.9 Å². The largest absolute Gasteiger partial charge is 0.363 e. The number of anilines is 1. The Bertz CT molecular complexity index is 1100. The highest BCUT2D eigenvalue weighted by atomic mass is 32.2. The SMILES string of the molecule is CCC(C)OP(=O)(O)C(C)(C)Nc1c([N+](=O)[O-])ccc2c(S(N)(=O)=O)cccc12. The van der Waals surface area contributed by atoms with Gasteiger partial charge < -0.3 is 14.7 Å². The lowest BCUT2D eigenvalue weighted by Gasteiger charge is -2.33. The molecular formula is C17H24N3O7PS. The third kappa shape index (κ3) is 4.76. The molecule has 2 unspecified atom stereocenters. The summed E-state index contributed by atoms with van der Waals surface area (Å²) < 4.78 is 41.9. The van der Waals surface area contributed by atoms with Gasteiger partial charge >= 0.3 is 7.60 Å². The van der Waals surface area contributed by atoms with Crippen LogP contribution in [0.4, 0.5) is 11.4 Å². The van der Waals surface area contributed by atoms with E-state index in [4.69, 9.17) is 9.66 Å². The van der Waals surface area contributed by atoms with Gasteiger partial charge in [0.25, 0.3) is 5.69 Å². The molecule has 0 amide bonds. The van der Waals surface area contributed by atoms with Crippen LogP contribution in [0.2, 0.25) is 0 Å². The second kappa shape index (κ2) is 8.00. The predicted molar refractivity (Wildman–Crippen MR) is 110 cm³/mol. The number of nitrogens with one attached hydrogen (secondary N) is 1. The molecule has 0 aliphatic rings. The van der Waals surface area contributed by atoms with Gasteiger partial charge in [0.05, 0.1) is 15.9 Å².